The number of rotatable bonds is 4. The Labute approximate surface area is 123 Å². The molecule has 1 aromatic carbocycles. The summed E-state index contributed by atoms with van der Waals surface area (Å²) in [5.41, 5.74) is 1.43. The molecular weight excluding hydrogens is 290 g/mol. The van der Waals surface area contributed by atoms with Gasteiger partial charge in [0.1, 0.15) is 0 Å². The van der Waals surface area contributed by atoms with Crippen LogP contribution in [0.15, 0.2) is 42.7 Å². The van der Waals surface area contributed by atoms with Crippen molar-refractivity contribution in [2.24, 2.45) is 0 Å². The predicted molar refractivity (Wildman–Crippen MR) is 80.5 cm³/mol. The summed E-state index contributed by atoms with van der Waals surface area (Å²) in [6.07, 6.45) is 3.53. The minimum Gasteiger partial charge on any atom is -0.314 e. The summed E-state index contributed by atoms with van der Waals surface area (Å²) in [6, 6.07) is 8.94. The Kier molecular flexibility index (Phi) is 3.91. The van der Waals surface area contributed by atoms with Crippen molar-refractivity contribution in [1.29, 1.82) is 0 Å². The van der Waals surface area contributed by atoms with Crippen LogP contribution in [0.3, 0.4) is 0 Å². The van der Waals surface area contributed by atoms with E-state index < -0.39 is 10.2 Å². The van der Waals surface area contributed by atoms with Crippen LogP contribution < -0.4 is 10.0 Å². The van der Waals surface area contributed by atoms with Crippen LogP contribution in [-0.4, -0.2) is 48.7 Å². The van der Waals surface area contributed by atoms with Gasteiger partial charge in [0, 0.05) is 44.3 Å². The van der Waals surface area contributed by atoms with E-state index in [1.165, 1.54) is 4.31 Å². The molecule has 21 heavy (non-hydrogen) atoms. The van der Waals surface area contributed by atoms with E-state index >= 15 is 0 Å². The number of hydrogen-bond acceptors (Lipinski definition) is 4. The van der Waals surface area contributed by atoms with Crippen molar-refractivity contribution in [3.05, 3.63) is 42.7 Å². The summed E-state index contributed by atoms with van der Waals surface area (Å²) in [5, 5.41) is 7.26. The zero-order chi connectivity index (χ0) is 14.7. The Morgan fingerprint density at radius 2 is 1.86 bits per heavy atom. The van der Waals surface area contributed by atoms with Crippen molar-refractivity contribution in [3.63, 3.8) is 0 Å². The van der Waals surface area contributed by atoms with Crippen molar-refractivity contribution >= 4 is 15.9 Å². The van der Waals surface area contributed by atoms with Gasteiger partial charge >= 0.3 is 10.2 Å². The number of nitrogens with one attached hydrogen (secondary N) is 2. The predicted octanol–water partition coefficient (Wildman–Crippen LogP) is 0.434. The van der Waals surface area contributed by atoms with Crippen LogP contribution in [0.25, 0.3) is 5.69 Å². The fraction of sp³-hybridized carbons (Fsp3) is 0.308. The summed E-state index contributed by atoms with van der Waals surface area (Å²) < 4.78 is 30.2. The molecule has 1 saturated heterocycles. The van der Waals surface area contributed by atoms with Gasteiger partial charge in [-0.1, -0.05) is 0 Å². The Morgan fingerprint density at radius 3 is 2.48 bits per heavy atom. The SMILES string of the molecule is O=S(=O)(Nc1ccc(-n2cccn2)cc1)N1CCNCC1. The van der Waals surface area contributed by atoms with E-state index in [2.05, 4.69) is 15.1 Å². The number of benzene rings is 1. The fourth-order valence-electron chi connectivity index (χ4n) is 2.20. The number of nitrogens with zero attached hydrogens (tertiary/aromatic N) is 3. The zero-order valence-corrected chi connectivity index (χ0v) is 12.3. The van der Waals surface area contributed by atoms with Crippen molar-refractivity contribution in [2.75, 3.05) is 30.9 Å². The summed E-state index contributed by atoms with van der Waals surface area (Å²) in [4.78, 5) is 0. The molecule has 0 atom stereocenters. The molecule has 0 bridgehead atoms. The molecule has 7 nitrogen and oxygen atoms in total. The quantitative estimate of drug-likeness (QED) is 0.859. The Balaban J connectivity index is 1.72. The maximum absolute atomic E-state index is 12.2. The highest BCUT2D eigenvalue weighted by atomic mass is 32.2. The molecular formula is C13H17N5O2S. The lowest BCUT2D eigenvalue weighted by Gasteiger charge is -2.26. The lowest BCUT2D eigenvalue weighted by molar-refractivity contribution is 0.362. The average molecular weight is 307 g/mol. The number of hydrogen-bond donors (Lipinski definition) is 2. The van der Waals surface area contributed by atoms with Gasteiger partial charge in [-0.3, -0.25) is 4.72 Å². The van der Waals surface area contributed by atoms with Gasteiger partial charge in [0.05, 0.1) is 5.69 Å². The molecule has 2 aromatic rings. The summed E-state index contributed by atoms with van der Waals surface area (Å²) in [7, 11) is -3.48. The van der Waals surface area contributed by atoms with Crippen LogP contribution in [-0.2, 0) is 10.2 Å². The van der Waals surface area contributed by atoms with E-state index in [0.717, 1.165) is 5.69 Å². The first-order valence-corrected chi connectivity index (χ1v) is 8.18. The lowest BCUT2D eigenvalue weighted by Crippen LogP contribution is -2.48. The standard InChI is InChI=1S/C13H17N5O2S/c19-21(20,17-10-7-14-8-11-17)16-12-2-4-13(5-3-12)18-9-1-6-15-18/h1-6,9,14,16H,7-8,10-11H2. The first-order valence-electron chi connectivity index (χ1n) is 6.74. The van der Waals surface area contributed by atoms with Crippen molar-refractivity contribution in [1.82, 2.24) is 19.4 Å². The maximum Gasteiger partial charge on any atom is 0.301 e. The minimum absolute atomic E-state index is 0.487. The van der Waals surface area contributed by atoms with E-state index in [-0.39, 0.29) is 0 Å². The summed E-state index contributed by atoms with van der Waals surface area (Å²) >= 11 is 0. The summed E-state index contributed by atoms with van der Waals surface area (Å²) in [5.74, 6) is 0. The van der Waals surface area contributed by atoms with Crippen LogP contribution >= 0.6 is 0 Å². The molecule has 0 unspecified atom stereocenters. The van der Waals surface area contributed by atoms with Crippen LogP contribution in [0.1, 0.15) is 0 Å². The third-order valence-electron chi connectivity index (χ3n) is 3.30. The number of piperazine rings is 1. The first-order chi connectivity index (χ1) is 10.1. The topological polar surface area (TPSA) is 79.3 Å². The van der Waals surface area contributed by atoms with Gasteiger partial charge in [-0.2, -0.15) is 17.8 Å². The van der Waals surface area contributed by atoms with Gasteiger partial charge in [0.2, 0.25) is 0 Å². The third kappa shape index (κ3) is 3.23. The smallest absolute Gasteiger partial charge is 0.301 e. The van der Waals surface area contributed by atoms with Crippen LogP contribution in [0.2, 0.25) is 0 Å². The molecule has 0 spiro atoms. The summed E-state index contributed by atoms with van der Waals surface area (Å²) in [6.45, 7) is 2.33. The minimum atomic E-state index is -3.48. The molecule has 3 rings (SSSR count). The van der Waals surface area contributed by atoms with E-state index in [1.54, 1.807) is 23.0 Å². The van der Waals surface area contributed by atoms with E-state index in [9.17, 15) is 8.42 Å². The third-order valence-corrected chi connectivity index (χ3v) is 4.84. The van der Waals surface area contributed by atoms with Gasteiger partial charge in [-0.15, -0.1) is 0 Å². The second-order valence-corrected chi connectivity index (χ2v) is 6.42. The molecule has 1 fully saturated rings. The second-order valence-electron chi connectivity index (χ2n) is 4.75. The molecule has 1 aliphatic rings. The van der Waals surface area contributed by atoms with Crippen LogP contribution in [0.4, 0.5) is 5.69 Å². The monoisotopic (exact) mass is 307 g/mol. The molecule has 0 amide bonds. The van der Waals surface area contributed by atoms with Crippen molar-refractivity contribution in [2.45, 2.75) is 0 Å². The fourth-order valence-corrected chi connectivity index (χ4v) is 3.43. The number of anilines is 1. The van der Waals surface area contributed by atoms with E-state index in [4.69, 9.17) is 0 Å². The highest BCUT2D eigenvalue weighted by molar-refractivity contribution is 7.90. The largest absolute Gasteiger partial charge is 0.314 e. The molecule has 0 saturated carbocycles. The Morgan fingerprint density at radius 1 is 1.14 bits per heavy atom. The van der Waals surface area contributed by atoms with Crippen molar-refractivity contribution in [3.8, 4) is 5.69 Å². The van der Waals surface area contributed by atoms with Gasteiger partial charge < -0.3 is 5.32 Å². The second kappa shape index (κ2) is 5.84. The number of aromatic nitrogens is 2. The van der Waals surface area contributed by atoms with Gasteiger partial charge in [-0.25, -0.2) is 4.68 Å². The lowest BCUT2D eigenvalue weighted by atomic mass is 10.3. The first kappa shape index (κ1) is 14.1. The molecule has 1 aromatic heterocycles. The average Bonchev–Trinajstić information content (AvgIpc) is 3.03. The van der Waals surface area contributed by atoms with Crippen LogP contribution in [0.5, 0.6) is 0 Å². The Hall–Kier alpha value is -1.90. The van der Waals surface area contributed by atoms with Gasteiger partial charge in [-0.05, 0) is 30.3 Å². The molecule has 0 aliphatic carbocycles. The normalized spacial score (nSPS) is 16.8. The van der Waals surface area contributed by atoms with E-state index in [1.807, 2.05) is 24.4 Å². The van der Waals surface area contributed by atoms with Crippen LogP contribution in [0, 0.1) is 0 Å². The van der Waals surface area contributed by atoms with Gasteiger partial charge in [0.25, 0.3) is 0 Å². The zero-order valence-electron chi connectivity index (χ0n) is 11.4. The molecule has 112 valence electrons. The highest BCUT2D eigenvalue weighted by Crippen LogP contribution is 2.15. The maximum atomic E-state index is 12.2. The van der Waals surface area contributed by atoms with Gasteiger partial charge in [0.15, 0.2) is 0 Å². The van der Waals surface area contributed by atoms with Crippen molar-refractivity contribution < 1.29 is 8.42 Å². The van der Waals surface area contributed by atoms with E-state index in [0.29, 0.717) is 31.9 Å². The molecule has 2 N–H and O–H groups in total. The highest BCUT2D eigenvalue weighted by Gasteiger charge is 2.23. The molecule has 2 heterocycles. The molecule has 8 heteroatoms. The Bertz CT molecular complexity index is 676. The molecule has 0 radical (unpaired) electrons. The molecule has 1 aliphatic heterocycles.